The maximum Gasteiger partial charge on any atom is 0.453 e. The van der Waals surface area contributed by atoms with Crippen LogP contribution in [0, 0.1) is 0 Å². The number of nitrogen functional groups attached to an aromatic ring is 1. The van der Waals surface area contributed by atoms with Crippen molar-refractivity contribution >= 4 is 21.4 Å². The first-order chi connectivity index (χ1) is 5.98. The van der Waals surface area contributed by atoms with Crippen molar-refractivity contribution in [1.29, 1.82) is 0 Å². The molecular formula is C4H2F3N5S. The number of anilines is 1. The first kappa shape index (κ1) is 8.23. The van der Waals surface area contributed by atoms with Crippen LogP contribution in [0.5, 0.6) is 0 Å². The third-order valence-electron chi connectivity index (χ3n) is 1.26. The molecule has 2 aromatic heterocycles. The number of aromatic nitrogens is 4. The van der Waals surface area contributed by atoms with E-state index in [9.17, 15) is 13.2 Å². The van der Waals surface area contributed by atoms with Crippen LogP contribution in [0.4, 0.5) is 18.3 Å². The van der Waals surface area contributed by atoms with Gasteiger partial charge in [0.1, 0.15) is 0 Å². The van der Waals surface area contributed by atoms with E-state index in [0.29, 0.717) is 4.52 Å². The van der Waals surface area contributed by atoms with Gasteiger partial charge in [-0.05, 0) is 0 Å². The van der Waals surface area contributed by atoms with E-state index in [2.05, 4.69) is 15.3 Å². The van der Waals surface area contributed by atoms with E-state index in [-0.39, 0.29) is 10.1 Å². The Labute approximate surface area is 73.0 Å². The number of nitrogens with zero attached hydrogens (tertiary/aromatic N) is 4. The summed E-state index contributed by atoms with van der Waals surface area (Å²) in [5.41, 5.74) is 5.20. The Hall–Kier alpha value is -1.38. The van der Waals surface area contributed by atoms with Crippen molar-refractivity contribution in [2.24, 2.45) is 0 Å². The lowest BCUT2D eigenvalue weighted by Gasteiger charge is -1.99. The minimum atomic E-state index is -4.56. The molecular weight excluding hydrogens is 207 g/mol. The fraction of sp³-hybridized carbons (Fsp3) is 0.250. The van der Waals surface area contributed by atoms with Gasteiger partial charge in [-0.2, -0.15) is 17.7 Å². The number of alkyl halides is 3. The monoisotopic (exact) mass is 209 g/mol. The molecule has 2 heterocycles. The molecule has 0 saturated carbocycles. The summed E-state index contributed by atoms with van der Waals surface area (Å²) in [5.74, 6) is -1.16. The molecule has 0 aromatic carbocycles. The average Bonchev–Trinajstić information content (AvgIpc) is 2.41. The first-order valence-electron chi connectivity index (χ1n) is 3.03. The summed E-state index contributed by atoms with van der Waals surface area (Å²) in [4.78, 5) is 0.0322. The number of nitrogens with two attached hydrogens (primary N) is 1. The van der Waals surface area contributed by atoms with Gasteiger partial charge < -0.3 is 5.73 Å². The van der Waals surface area contributed by atoms with E-state index < -0.39 is 12.0 Å². The summed E-state index contributed by atoms with van der Waals surface area (Å²) in [6.45, 7) is 0. The zero-order valence-electron chi connectivity index (χ0n) is 5.91. The lowest BCUT2D eigenvalue weighted by Crippen LogP contribution is -2.11. The van der Waals surface area contributed by atoms with Crippen LogP contribution in [0.25, 0.3) is 4.96 Å². The van der Waals surface area contributed by atoms with Gasteiger partial charge in [0.15, 0.2) is 0 Å². The summed E-state index contributed by atoms with van der Waals surface area (Å²) < 4.78 is 37.1. The number of rotatable bonds is 0. The Kier molecular flexibility index (Phi) is 1.46. The average molecular weight is 209 g/mol. The molecule has 0 atom stereocenters. The molecule has 0 aliphatic heterocycles. The van der Waals surface area contributed by atoms with Crippen LogP contribution in [0.3, 0.4) is 0 Å². The van der Waals surface area contributed by atoms with Gasteiger partial charge in [-0.3, -0.25) is 0 Å². The van der Waals surface area contributed by atoms with Crippen molar-refractivity contribution in [3.05, 3.63) is 5.82 Å². The molecule has 0 aliphatic carbocycles. The molecule has 2 N–H and O–H groups in total. The Balaban J connectivity index is 2.70. The molecule has 5 nitrogen and oxygen atoms in total. The van der Waals surface area contributed by atoms with Crippen LogP contribution in [0.15, 0.2) is 0 Å². The van der Waals surface area contributed by atoms with Gasteiger partial charge in [0, 0.05) is 0 Å². The first-order valence-corrected chi connectivity index (χ1v) is 3.85. The zero-order chi connectivity index (χ0) is 9.64. The van der Waals surface area contributed by atoms with Crippen LogP contribution in [0.1, 0.15) is 5.82 Å². The van der Waals surface area contributed by atoms with Crippen LogP contribution in [0.2, 0.25) is 0 Å². The van der Waals surface area contributed by atoms with Crippen molar-refractivity contribution in [3.63, 3.8) is 0 Å². The predicted octanol–water partition coefficient (Wildman–Crippen LogP) is 0.787. The van der Waals surface area contributed by atoms with Crippen molar-refractivity contribution < 1.29 is 13.2 Å². The number of halogens is 3. The van der Waals surface area contributed by atoms with Gasteiger partial charge >= 0.3 is 6.18 Å². The number of fused-ring (bicyclic) bond motifs is 1. The van der Waals surface area contributed by atoms with Gasteiger partial charge in [-0.15, -0.1) is 15.3 Å². The SMILES string of the molecule is Nc1nn2c(C(F)(F)F)nnc2s1. The maximum absolute atomic E-state index is 12.2. The van der Waals surface area contributed by atoms with E-state index in [1.807, 2.05) is 0 Å². The van der Waals surface area contributed by atoms with Gasteiger partial charge in [-0.25, -0.2) is 0 Å². The fourth-order valence-corrected chi connectivity index (χ4v) is 1.41. The summed E-state index contributed by atoms with van der Waals surface area (Å²) in [6, 6.07) is 0. The summed E-state index contributed by atoms with van der Waals surface area (Å²) in [6.07, 6.45) is -4.56. The Morgan fingerprint density at radius 3 is 2.62 bits per heavy atom. The van der Waals surface area contributed by atoms with Crippen LogP contribution >= 0.6 is 11.3 Å². The highest BCUT2D eigenvalue weighted by molar-refractivity contribution is 7.20. The Bertz CT molecular complexity index is 442. The Morgan fingerprint density at radius 1 is 1.31 bits per heavy atom. The topological polar surface area (TPSA) is 69.1 Å². The summed E-state index contributed by atoms with van der Waals surface area (Å²) >= 11 is 0.845. The van der Waals surface area contributed by atoms with Crippen molar-refractivity contribution in [2.45, 2.75) is 6.18 Å². The third kappa shape index (κ3) is 1.20. The summed E-state index contributed by atoms with van der Waals surface area (Å²) in [7, 11) is 0. The third-order valence-corrected chi connectivity index (χ3v) is 1.99. The number of hydrogen-bond donors (Lipinski definition) is 1. The van der Waals surface area contributed by atoms with Crippen LogP contribution < -0.4 is 5.73 Å². The second-order valence-corrected chi connectivity index (χ2v) is 3.14. The highest BCUT2D eigenvalue weighted by Crippen LogP contribution is 2.29. The largest absolute Gasteiger partial charge is 0.453 e. The summed E-state index contributed by atoms with van der Waals surface area (Å²) in [5, 5.41) is 9.65. The van der Waals surface area contributed by atoms with E-state index >= 15 is 0 Å². The molecule has 0 aliphatic rings. The smallest absolute Gasteiger partial charge is 0.374 e. The van der Waals surface area contributed by atoms with E-state index in [1.54, 1.807) is 0 Å². The molecule has 2 aromatic rings. The molecule has 2 rings (SSSR count). The molecule has 0 spiro atoms. The molecule has 0 fully saturated rings. The van der Waals surface area contributed by atoms with Gasteiger partial charge in [-0.1, -0.05) is 11.3 Å². The zero-order valence-corrected chi connectivity index (χ0v) is 6.72. The second kappa shape index (κ2) is 2.31. The normalized spacial score (nSPS) is 12.5. The molecule has 0 unspecified atom stereocenters. The molecule has 0 saturated heterocycles. The molecule has 0 amide bonds. The van der Waals surface area contributed by atoms with Gasteiger partial charge in [0.05, 0.1) is 0 Å². The van der Waals surface area contributed by atoms with Crippen molar-refractivity contribution in [2.75, 3.05) is 5.73 Å². The molecule has 9 heteroatoms. The van der Waals surface area contributed by atoms with E-state index in [0.717, 1.165) is 11.3 Å². The molecule has 70 valence electrons. The number of hydrogen-bond acceptors (Lipinski definition) is 5. The minimum Gasteiger partial charge on any atom is -0.374 e. The predicted molar refractivity (Wildman–Crippen MR) is 38.1 cm³/mol. The van der Waals surface area contributed by atoms with Crippen LogP contribution in [-0.4, -0.2) is 19.8 Å². The lowest BCUT2D eigenvalue weighted by atomic mass is 10.6. The minimum absolute atomic E-state index is 0.0235. The van der Waals surface area contributed by atoms with E-state index in [1.165, 1.54) is 0 Å². The van der Waals surface area contributed by atoms with Crippen LogP contribution in [-0.2, 0) is 6.18 Å². The molecule has 13 heavy (non-hydrogen) atoms. The molecule has 0 radical (unpaired) electrons. The maximum atomic E-state index is 12.2. The quantitative estimate of drug-likeness (QED) is 0.696. The standard InChI is InChI=1S/C4H2F3N5S/c5-4(6,7)1-9-10-3-12(1)11-2(8)13-3/h(H2,8,11). The Morgan fingerprint density at radius 2 is 2.00 bits per heavy atom. The fourth-order valence-electron chi connectivity index (χ4n) is 0.809. The van der Waals surface area contributed by atoms with E-state index in [4.69, 9.17) is 5.73 Å². The molecule has 0 bridgehead atoms. The second-order valence-electron chi connectivity index (χ2n) is 2.16. The highest BCUT2D eigenvalue weighted by atomic mass is 32.1. The van der Waals surface area contributed by atoms with Crippen molar-refractivity contribution in [1.82, 2.24) is 19.8 Å². The van der Waals surface area contributed by atoms with Crippen molar-refractivity contribution in [3.8, 4) is 0 Å². The van der Waals surface area contributed by atoms with Gasteiger partial charge in [0.25, 0.3) is 5.82 Å². The van der Waals surface area contributed by atoms with Gasteiger partial charge in [0.2, 0.25) is 10.1 Å². The lowest BCUT2D eigenvalue weighted by molar-refractivity contribution is -0.146. The highest BCUT2D eigenvalue weighted by Gasteiger charge is 2.38.